The van der Waals surface area contributed by atoms with E-state index >= 15 is 0 Å². The van der Waals surface area contributed by atoms with Crippen LogP contribution in [0.1, 0.15) is 44.7 Å². The molecule has 1 heterocycles. The molecule has 1 saturated heterocycles. The minimum absolute atomic E-state index is 0.0672. The van der Waals surface area contributed by atoms with Crippen LogP contribution >= 0.6 is 27.5 Å². The van der Waals surface area contributed by atoms with Crippen LogP contribution in [0.3, 0.4) is 0 Å². The van der Waals surface area contributed by atoms with Crippen LogP contribution in [-0.4, -0.2) is 35.6 Å². The highest BCUT2D eigenvalue weighted by molar-refractivity contribution is 9.10. The smallest absolute Gasteiger partial charge is 0.410 e. The molecule has 3 aromatic carbocycles. The van der Waals surface area contributed by atoms with Crippen molar-refractivity contribution in [1.29, 1.82) is 0 Å². The van der Waals surface area contributed by atoms with Crippen molar-refractivity contribution in [3.8, 4) is 11.1 Å². The second-order valence-electron chi connectivity index (χ2n) is 10.7. The van der Waals surface area contributed by atoms with Gasteiger partial charge in [0, 0.05) is 46.5 Å². The molecule has 1 atom stereocenters. The zero-order valence-electron chi connectivity index (χ0n) is 21.7. The molecule has 38 heavy (non-hydrogen) atoms. The summed E-state index contributed by atoms with van der Waals surface area (Å²) in [7, 11) is 0. The summed E-state index contributed by atoms with van der Waals surface area (Å²) in [5, 5.41) is 3.50. The van der Waals surface area contributed by atoms with E-state index in [4.69, 9.17) is 16.3 Å². The Kier molecular flexibility index (Phi) is 8.48. The van der Waals surface area contributed by atoms with Gasteiger partial charge in [-0.1, -0.05) is 63.9 Å². The van der Waals surface area contributed by atoms with Gasteiger partial charge in [0.1, 0.15) is 11.4 Å². The van der Waals surface area contributed by atoms with Gasteiger partial charge >= 0.3 is 6.09 Å². The molecule has 5 nitrogen and oxygen atoms in total. The van der Waals surface area contributed by atoms with E-state index in [1.54, 1.807) is 23.1 Å². The molecule has 8 heteroatoms. The molecule has 0 radical (unpaired) electrons. The van der Waals surface area contributed by atoms with E-state index in [2.05, 4.69) is 21.2 Å². The molecule has 0 aromatic heterocycles. The molecule has 1 fully saturated rings. The third-order valence-corrected chi connectivity index (χ3v) is 7.45. The maximum absolute atomic E-state index is 14.9. The lowest BCUT2D eigenvalue weighted by atomic mass is 9.76. The number of likely N-dealkylation sites (tertiary alicyclic amines) is 1. The minimum atomic E-state index is -0.607. The lowest BCUT2D eigenvalue weighted by Gasteiger charge is -2.30. The van der Waals surface area contributed by atoms with Gasteiger partial charge in [-0.05, 0) is 74.2 Å². The van der Waals surface area contributed by atoms with Gasteiger partial charge in [0.15, 0.2) is 0 Å². The fourth-order valence-corrected chi connectivity index (χ4v) is 5.11. The molecule has 3 aromatic rings. The molecule has 1 aliphatic heterocycles. The van der Waals surface area contributed by atoms with Gasteiger partial charge in [-0.2, -0.15) is 0 Å². The SMILES string of the molecule is CC(C)(C)OC(=O)N1CCC(CC(=O)NCc2ccc(-c3ccc(Cl)cc3)cc2F)(c2ccc(Br)cc2)C1. The summed E-state index contributed by atoms with van der Waals surface area (Å²) in [6.45, 7) is 6.41. The summed E-state index contributed by atoms with van der Waals surface area (Å²) in [4.78, 5) is 27.6. The van der Waals surface area contributed by atoms with Crippen LogP contribution in [0.15, 0.2) is 71.2 Å². The van der Waals surface area contributed by atoms with Gasteiger partial charge in [-0.15, -0.1) is 0 Å². The zero-order valence-corrected chi connectivity index (χ0v) is 24.0. The third kappa shape index (κ3) is 6.94. The summed E-state index contributed by atoms with van der Waals surface area (Å²) in [6, 6.07) is 20.0. The van der Waals surface area contributed by atoms with Crippen LogP contribution in [0.5, 0.6) is 0 Å². The Morgan fingerprint density at radius 1 is 1.05 bits per heavy atom. The predicted octanol–water partition coefficient (Wildman–Crippen LogP) is 7.49. The molecule has 4 rings (SSSR count). The van der Waals surface area contributed by atoms with Crippen molar-refractivity contribution in [2.24, 2.45) is 0 Å². The third-order valence-electron chi connectivity index (χ3n) is 6.67. The van der Waals surface area contributed by atoms with Gasteiger partial charge in [-0.3, -0.25) is 4.79 Å². The maximum atomic E-state index is 14.9. The van der Waals surface area contributed by atoms with Gasteiger partial charge < -0.3 is 15.0 Å². The number of hydrogen-bond acceptors (Lipinski definition) is 3. The van der Waals surface area contributed by atoms with Gasteiger partial charge in [0.05, 0.1) is 0 Å². The second-order valence-corrected chi connectivity index (χ2v) is 12.1. The Balaban J connectivity index is 1.46. The molecule has 0 bridgehead atoms. The van der Waals surface area contributed by atoms with E-state index in [1.807, 2.05) is 63.2 Å². The number of nitrogens with one attached hydrogen (secondary N) is 1. The molecule has 0 saturated carbocycles. The lowest BCUT2D eigenvalue weighted by molar-refractivity contribution is -0.122. The first-order valence-electron chi connectivity index (χ1n) is 12.5. The van der Waals surface area contributed by atoms with Crippen molar-refractivity contribution in [2.75, 3.05) is 13.1 Å². The van der Waals surface area contributed by atoms with Gasteiger partial charge in [0.25, 0.3) is 0 Å². The standard InChI is InChI=1S/C30H31BrClFN2O3/c1-29(2,3)38-28(37)35-15-14-30(19-35,23-8-10-24(31)11-9-23)17-27(36)34-18-22-5-4-21(16-26(22)33)20-6-12-25(32)13-7-20/h4-13,16H,14-15,17-19H2,1-3H3,(H,34,36). The number of nitrogens with zero attached hydrogens (tertiary/aromatic N) is 1. The number of carbonyl (C=O) groups is 2. The van der Waals surface area contributed by atoms with Gasteiger partial charge in [-0.25, -0.2) is 9.18 Å². The number of benzene rings is 3. The predicted molar refractivity (Wildman–Crippen MR) is 152 cm³/mol. The van der Waals surface area contributed by atoms with Crippen molar-refractivity contribution in [1.82, 2.24) is 10.2 Å². The first-order valence-corrected chi connectivity index (χ1v) is 13.7. The van der Waals surface area contributed by atoms with Crippen molar-refractivity contribution in [2.45, 2.75) is 51.2 Å². The Morgan fingerprint density at radius 3 is 2.34 bits per heavy atom. The Bertz CT molecular complexity index is 1310. The monoisotopic (exact) mass is 600 g/mol. The molecular formula is C30H31BrClFN2O3. The van der Waals surface area contributed by atoms with Crippen molar-refractivity contribution < 1.29 is 18.7 Å². The number of carbonyl (C=O) groups excluding carboxylic acids is 2. The largest absolute Gasteiger partial charge is 0.444 e. The second kappa shape index (κ2) is 11.5. The first kappa shape index (κ1) is 28.1. The molecule has 200 valence electrons. The summed E-state index contributed by atoms with van der Waals surface area (Å²) in [6.07, 6.45) is 0.392. The summed E-state index contributed by atoms with van der Waals surface area (Å²) < 4.78 is 21.4. The highest BCUT2D eigenvalue weighted by Gasteiger charge is 2.44. The Morgan fingerprint density at radius 2 is 1.71 bits per heavy atom. The molecule has 0 aliphatic carbocycles. The number of rotatable bonds is 6. The summed E-state index contributed by atoms with van der Waals surface area (Å²) >= 11 is 9.42. The van der Waals surface area contributed by atoms with Crippen LogP contribution in [0, 0.1) is 5.82 Å². The van der Waals surface area contributed by atoms with Crippen LogP contribution in [-0.2, 0) is 21.5 Å². The normalized spacial score (nSPS) is 17.4. The molecule has 1 N–H and O–H groups in total. The van der Waals surface area contributed by atoms with E-state index in [0.29, 0.717) is 30.1 Å². The quantitative estimate of drug-likeness (QED) is 0.318. The van der Waals surface area contributed by atoms with Crippen LogP contribution in [0.2, 0.25) is 5.02 Å². The van der Waals surface area contributed by atoms with Crippen molar-refractivity contribution in [3.05, 3.63) is 93.2 Å². The van der Waals surface area contributed by atoms with Crippen LogP contribution in [0.25, 0.3) is 11.1 Å². The van der Waals surface area contributed by atoms with E-state index in [0.717, 1.165) is 21.2 Å². The lowest BCUT2D eigenvalue weighted by Crippen LogP contribution is -2.40. The number of halogens is 3. The van der Waals surface area contributed by atoms with Crippen molar-refractivity contribution in [3.63, 3.8) is 0 Å². The first-order chi connectivity index (χ1) is 17.9. The number of ether oxygens (including phenoxy) is 1. The molecule has 2 amide bonds. The van der Waals surface area contributed by atoms with E-state index in [1.165, 1.54) is 6.07 Å². The fourth-order valence-electron chi connectivity index (χ4n) is 4.72. The molecule has 0 spiro atoms. The van der Waals surface area contributed by atoms with E-state index < -0.39 is 16.8 Å². The molecule has 1 aliphatic rings. The number of hydrogen-bond donors (Lipinski definition) is 1. The van der Waals surface area contributed by atoms with Gasteiger partial charge in [0.2, 0.25) is 5.91 Å². The molecular weight excluding hydrogens is 571 g/mol. The highest BCUT2D eigenvalue weighted by atomic mass is 79.9. The Labute approximate surface area is 236 Å². The highest BCUT2D eigenvalue weighted by Crippen LogP contribution is 2.39. The summed E-state index contributed by atoms with van der Waals surface area (Å²) in [5.74, 6) is -0.600. The van der Waals surface area contributed by atoms with Crippen LogP contribution in [0.4, 0.5) is 9.18 Å². The van der Waals surface area contributed by atoms with Crippen molar-refractivity contribution >= 4 is 39.5 Å². The number of amides is 2. The minimum Gasteiger partial charge on any atom is -0.444 e. The topological polar surface area (TPSA) is 58.6 Å². The molecule has 1 unspecified atom stereocenters. The maximum Gasteiger partial charge on any atom is 0.410 e. The Hall–Kier alpha value is -2.90. The fraction of sp³-hybridized carbons (Fsp3) is 0.333. The summed E-state index contributed by atoms with van der Waals surface area (Å²) in [5.41, 5.74) is 1.78. The average molecular weight is 602 g/mol. The van der Waals surface area contributed by atoms with E-state index in [9.17, 15) is 14.0 Å². The zero-order chi connectivity index (χ0) is 27.5. The average Bonchev–Trinajstić information content (AvgIpc) is 3.28. The van der Waals surface area contributed by atoms with E-state index in [-0.39, 0.29) is 25.0 Å². The van der Waals surface area contributed by atoms with Crippen LogP contribution < -0.4 is 5.32 Å².